The van der Waals surface area contributed by atoms with Crippen LogP contribution in [0.15, 0.2) is 36.5 Å². The lowest BCUT2D eigenvalue weighted by Crippen LogP contribution is -2.09. The monoisotopic (exact) mass is 219 g/mol. The summed E-state index contributed by atoms with van der Waals surface area (Å²) >= 11 is 0. The number of nitro groups is 1. The smallest absolute Gasteiger partial charge is 0.407 e. The van der Waals surface area contributed by atoms with Crippen LogP contribution in [0.3, 0.4) is 0 Å². The van der Waals surface area contributed by atoms with E-state index in [9.17, 15) is 14.9 Å². The van der Waals surface area contributed by atoms with E-state index in [1.807, 2.05) is 0 Å². The highest BCUT2D eigenvalue weighted by atomic mass is 16.6. The van der Waals surface area contributed by atoms with Crippen LogP contribution < -0.4 is 0 Å². The molecule has 82 valence electrons. The molecule has 0 unspecified atom stereocenters. The van der Waals surface area contributed by atoms with Crippen molar-refractivity contribution < 1.29 is 14.8 Å². The van der Waals surface area contributed by atoms with Crippen molar-refractivity contribution in [2.24, 2.45) is 0 Å². The van der Waals surface area contributed by atoms with E-state index in [4.69, 9.17) is 5.11 Å². The molecular weight excluding hydrogens is 210 g/mol. The van der Waals surface area contributed by atoms with Crippen LogP contribution in [-0.2, 0) is 4.79 Å². The minimum Gasteiger partial charge on any atom is -0.473 e. The number of carbonyl (C=O) groups is 1. The van der Waals surface area contributed by atoms with Crippen molar-refractivity contribution >= 4 is 18.1 Å². The highest BCUT2D eigenvalue weighted by Gasteiger charge is 2.20. The molecular formula is C11H9NO4. The minimum absolute atomic E-state index is 0.451. The van der Waals surface area contributed by atoms with Gasteiger partial charge in [0, 0.05) is 6.08 Å². The average molecular weight is 219 g/mol. The number of hydrogen-bond donors (Lipinski definition) is 1. The molecule has 0 spiro atoms. The molecule has 1 aromatic carbocycles. The van der Waals surface area contributed by atoms with Crippen LogP contribution in [0.1, 0.15) is 11.1 Å². The molecule has 0 amide bonds. The van der Waals surface area contributed by atoms with Crippen LogP contribution in [0.4, 0.5) is 0 Å². The first kappa shape index (κ1) is 11.6. The fourth-order valence-corrected chi connectivity index (χ4v) is 1.17. The SMILES string of the molecule is C=Cc1ccccc1/C=C(/C(=O)O)[N+](=O)[O-]. The number of aliphatic carboxylic acids is 1. The van der Waals surface area contributed by atoms with Crippen molar-refractivity contribution in [3.63, 3.8) is 0 Å². The van der Waals surface area contributed by atoms with Gasteiger partial charge in [-0.25, -0.2) is 4.79 Å². The first-order valence-corrected chi connectivity index (χ1v) is 4.37. The van der Waals surface area contributed by atoms with E-state index in [0.717, 1.165) is 6.08 Å². The molecule has 0 aliphatic carbocycles. The fraction of sp³-hybridized carbons (Fsp3) is 0. The van der Waals surface area contributed by atoms with Crippen molar-refractivity contribution in [3.05, 3.63) is 57.8 Å². The molecule has 0 aliphatic rings. The number of benzene rings is 1. The van der Waals surface area contributed by atoms with Crippen LogP contribution in [-0.4, -0.2) is 16.0 Å². The third-order valence-electron chi connectivity index (χ3n) is 1.92. The summed E-state index contributed by atoms with van der Waals surface area (Å²) in [5.41, 5.74) is 0.226. The van der Waals surface area contributed by atoms with E-state index >= 15 is 0 Å². The summed E-state index contributed by atoms with van der Waals surface area (Å²) in [7, 11) is 0. The Morgan fingerprint density at radius 3 is 2.38 bits per heavy atom. The van der Waals surface area contributed by atoms with Gasteiger partial charge in [0.2, 0.25) is 0 Å². The number of carboxylic acids is 1. The van der Waals surface area contributed by atoms with Crippen molar-refractivity contribution in [2.45, 2.75) is 0 Å². The van der Waals surface area contributed by atoms with Gasteiger partial charge in [0.1, 0.15) is 0 Å². The minimum atomic E-state index is -1.57. The van der Waals surface area contributed by atoms with Gasteiger partial charge in [-0.15, -0.1) is 0 Å². The predicted molar refractivity (Wildman–Crippen MR) is 59.1 cm³/mol. The number of rotatable bonds is 4. The summed E-state index contributed by atoms with van der Waals surface area (Å²) < 4.78 is 0. The molecule has 5 nitrogen and oxygen atoms in total. The Hall–Kier alpha value is -2.43. The van der Waals surface area contributed by atoms with Gasteiger partial charge in [-0.1, -0.05) is 36.9 Å². The average Bonchev–Trinajstić information content (AvgIpc) is 2.25. The molecule has 16 heavy (non-hydrogen) atoms. The lowest BCUT2D eigenvalue weighted by atomic mass is 10.1. The van der Waals surface area contributed by atoms with Crippen LogP contribution >= 0.6 is 0 Å². The van der Waals surface area contributed by atoms with Crippen LogP contribution in [0.2, 0.25) is 0 Å². The summed E-state index contributed by atoms with van der Waals surface area (Å²) in [6.45, 7) is 3.54. The van der Waals surface area contributed by atoms with Gasteiger partial charge in [0.25, 0.3) is 0 Å². The number of hydrogen-bond acceptors (Lipinski definition) is 3. The second kappa shape index (κ2) is 4.88. The molecule has 1 aromatic rings. The predicted octanol–water partition coefficient (Wildman–Crippen LogP) is 2.03. The Morgan fingerprint density at radius 2 is 1.94 bits per heavy atom. The summed E-state index contributed by atoms with van der Waals surface area (Å²) in [6.07, 6.45) is 2.52. The Balaban J connectivity index is 3.28. The van der Waals surface area contributed by atoms with E-state index in [2.05, 4.69) is 6.58 Å². The van der Waals surface area contributed by atoms with Crippen LogP contribution in [0.25, 0.3) is 12.2 Å². The molecule has 0 fully saturated rings. The third kappa shape index (κ3) is 2.54. The summed E-state index contributed by atoms with van der Waals surface area (Å²) in [4.78, 5) is 20.2. The van der Waals surface area contributed by atoms with Gasteiger partial charge in [0.15, 0.2) is 0 Å². The molecule has 0 radical (unpaired) electrons. The maximum Gasteiger partial charge on any atom is 0.407 e. The fourth-order valence-electron chi connectivity index (χ4n) is 1.17. The maximum absolute atomic E-state index is 10.6. The molecule has 1 rings (SSSR count). The third-order valence-corrected chi connectivity index (χ3v) is 1.92. The highest BCUT2D eigenvalue weighted by molar-refractivity contribution is 5.90. The normalized spacial score (nSPS) is 10.9. The van der Waals surface area contributed by atoms with Crippen molar-refractivity contribution in [1.29, 1.82) is 0 Å². The lowest BCUT2D eigenvalue weighted by molar-refractivity contribution is -0.419. The topological polar surface area (TPSA) is 80.4 Å². The zero-order valence-corrected chi connectivity index (χ0v) is 8.29. The molecule has 0 saturated carbocycles. The van der Waals surface area contributed by atoms with Crippen molar-refractivity contribution in [2.75, 3.05) is 0 Å². The molecule has 0 aromatic heterocycles. The van der Waals surface area contributed by atoms with E-state index in [0.29, 0.717) is 11.1 Å². The van der Waals surface area contributed by atoms with Gasteiger partial charge in [-0.3, -0.25) is 10.1 Å². The first-order chi connectivity index (χ1) is 7.56. The molecule has 1 N–H and O–H groups in total. The Morgan fingerprint density at radius 1 is 1.38 bits per heavy atom. The van der Waals surface area contributed by atoms with Gasteiger partial charge >= 0.3 is 11.7 Å². The molecule has 0 saturated heterocycles. The van der Waals surface area contributed by atoms with Crippen LogP contribution in [0.5, 0.6) is 0 Å². The van der Waals surface area contributed by atoms with Gasteiger partial charge < -0.3 is 5.11 Å². The summed E-state index contributed by atoms with van der Waals surface area (Å²) in [5, 5.41) is 19.1. The zero-order valence-electron chi connectivity index (χ0n) is 8.29. The van der Waals surface area contributed by atoms with Gasteiger partial charge in [-0.05, 0) is 11.1 Å². The molecule has 5 heteroatoms. The maximum atomic E-state index is 10.6. The summed E-state index contributed by atoms with van der Waals surface area (Å²) in [6, 6.07) is 6.68. The Labute approximate surface area is 91.5 Å². The van der Waals surface area contributed by atoms with Crippen LogP contribution in [0, 0.1) is 10.1 Å². The van der Waals surface area contributed by atoms with Gasteiger partial charge in [-0.2, -0.15) is 0 Å². The molecule has 0 atom stereocenters. The van der Waals surface area contributed by atoms with Crippen molar-refractivity contribution in [3.8, 4) is 0 Å². The number of nitrogens with zero attached hydrogens (tertiary/aromatic N) is 1. The Bertz CT molecular complexity index is 461. The van der Waals surface area contributed by atoms with E-state index in [1.165, 1.54) is 6.08 Å². The first-order valence-electron chi connectivity index (χ1n) is 4.37. The largest absolute Gasteiger partial charge is 0.473 e. The van der Waals surface area contributed by atoms with Crippen molar-refractivity contribution in [1.82, 2.24) is 0 Å². The van der Waals surface area contributed by atoms with E-state index in [1.54, 1.807) is 24.3 Å². The molecule has 0 heterocycles. The van der Waals surface area contributed by atoms with E-state index in [-0.39, 0.29) is 0 Å². The quantitative estimate of drug-likeness (QED) is 0.477. The highest BCUT2D eigenvalue weighted by Crippen LogP contribution is 2.14. The zero-order chi connectivity index (χ0) is 12.1. The number of carboxylic acid groups (broad SMARTS) is 1. The second-order valence-corrected chi connectivity index (χ2v) is 2.92. The molecule has 0 bridgehead atoms. The van der Waals surface area contributed by atoms with E-state index < -0.39 is 16.6 Å². The summed E-state index contributed by atoms with van der Waals surface area (Å²) in [5.74, 6) is -1.57. The standard InChI is InChI=1S/C11H9NO4/c1-2-8-5-3-4-6-9(8)7-10(11(13)14)12(15)16/h2-7H,1H2,(H,13,14)/b10-7-. The molecule has 0 aliphatic heterocycles. The Kier molecular flexibility index (Phi) is 3.55. The van der Waals surface area contributed by atoms with Gasteiger partial charge in [0.05, 0.1) is 4.92 Å². The second-order valence-electron chi connectivity index (χ2n) is 2.92. The lowest BCUT2D eigenvalue weighted by Gasteiger charge is -1.99.